The molecule has 2 amide bonds. The van der Waals surface area contributed by atoms with E-state index in [1.165, 1.54) is 41.3 Å². The van der Waals surface area contributed by atoms with E-state index in [2.05, 4.69) is 10.0 Å². The van der Waals surface area contributed by atoms with E-state index < -0.39 is 10.0 Å². The molecule has 0 spiro atoms. The maximum atomic E-state index is 12.7. The van der Waals surface area contributed by atoms with Gasteiger partial charge in [-0.15, -0.1) is 0 Å². The number of hydrogen-bond acceptors (Lipinski definition) is 5. The predicted octanol–water partition coefficient (Wildman–Crippen LogP) is 2.17. The SMILES string of the molecule is CN(C)C(=O)c1ccc(Cl)c(NS(=O)(=O)c2ccc3c(c2)NC(=O)CO3)c1. The number of ether oxygens (including phenoxy) is 1. The number of rotatable bonds is 4. The Labute approximate surface area is 161 Å². The first-order valence-electron chi connectivity index (χ1n) is 7.78. The molecule has 142 valence electrons. The van der Waals surface area contributed by atoms with Crippen molar-refractivity contribution in [1.82, 2.24) is 4.90 Å². The predicted molar refractivity (Wildman–Crippen MR) is 101 cm³/mol. The fourth-order valence-electron chi connectivity index (χ4n) is 2.43. The van der Waals surface area contributed by atoms with E-state index in [0.717, 1.165) is 0 Å². The molecule has 8 nitrogen and oxygen atoms in total. The number of carbonyl (C=O) groups excluding carboxylic acids is 2. The van der Waals surface area contributed by atoms with E-state index in [-0.39, 0.29) is 45.3 Å². The molecule has 0 unspecified atom stereocenters. The lowest BCUT2D eigenvalue weighted by molar-refractivity contribution is -0.118. The number of anilines is 2. The van der Waals surface area contributed by atoms with Crippen molar-refractivity contribution in [1.29, 1.82) is 0 Å². The zero-order chi connectivity index (χ0) is 19.8. The lowest BCUT2D eigenvalue weighted by Gasteiger charge is -2.19. The number of benzene rings is 2. The van der Waals surface area contributed by atoms with Crippen LogP contribution in [0.3, 0.4) is 0 Å². The summed E-state index contributed by atoms with van der Waals surface area (Å²) in [6, 6.07) is 8.41. The second-order valence-electron chi connectivity index (χ2n) is 5.99. The lowest BCUT2D eigenvalue weighted by Crippen LogP contribution is -2.25. The number of nitrogens with zero attached hydrogens (tertiary/aromatic N) is 1. The van der Waals surface area contributed by atoms with E-state index >= 15 is 0 Å². The molecule has 10 heteroatoms. The van der Waals surface area contributed by atoms with Gasteiger partial charge in [-0.25, -0.2) is 8.42 Å². The molecule has 0 saturated heterocycles. The van der Waals surface area contributed by atoms with Gasteiger partial charge in [-0.2, -0.15) is 0 Å². The van der Waals surface area contributed by atoms with Crippen molar-refractivity contribution in [3.63, 3.8) is 0 Å². The van der Waals surface area contributed by atoms with Crippen molar-refractivity contribution >= 4 is 44.8 Å². The summed E-state index contributed by atoms with van der Waals surface area (Å²) in [5.41, 5.74) is 0.618. The first-order chi connectivity index (χ1) is 12.7. The number of sulfonamides is 1. The van der Waals surface area contributed by atoms with Gasteiger partial charge < -0.3 is 15.0 Å². The molecule has 2 aromatic rings. The minimum atomic E-state index is -4.02. The maximum Gasteiger partial charge on any atom is 0.262 e. The van der Waals surface area contributed by atoms with Gasteiger partial charge in [-0.3, -0.25) is 14.3 Å². The van der Waals surface area contributed by atoms with E-state index in [1.807, 2.05) is 0 Å². The molecule has 2 aromatic carbocycles. The van der Waals surface area contributed by atoms with Gasteiger partial charge in [-0.05, 0) is 36.4 Å². The molecule has 3 rings (SSSR count). The van der Waals surface area contributed by atoms with Crippen LogP contribution in [-0.4, -0.2) is 45.8 Å². The minimum absolute atomic E-state index is 0.0716. The van der Waals surface area contributed by atoms with Crippen molar-refractivity contribution in [2.75, 3.05) is 30.7 Å². The van der Waals surface area contributed by atoms with Crippen LogP contribution < -0.4 is 14.8 Å². The largest absolute Gasteiger partial charge is 0.482 e. The van der Waals surface area contributed by atoms with Crippen LogP contribution in [0.5, 0.6) is 5.75 Å². The summed E-state index contributed by atoms with van der Waals surface area (Å²) in [5, 5.41) is 2.69. The highest BCUT2D eigenvalue weighted by Gasteiger charge is 2.22. The summed E-state index contributed by atoms with van der Waals surface area (Å²) in [7, 11) is -0.841. The van der Waals surface area contributed by atoms with Gasteiger partial charge >= 0.3 is 0 Å². The molecule has 1 aliphatic heterocycles. The summed E-state index contributed by atoms with van der Waals surface area (Å²) >= 11 is 6.08. The Morgan fingerprint density at radius 1 is 1.22 bits per heavy atom. The molecule has 2 N–H and O–H groups in total. The van der Waals surface area contributed by atoms with Crippen molar-refractivity contribution in [2.24, 2.45) is 0 Å². The number of hydrogen-bond donors (Lipinski definition) is 2. The first-order valence-corrected chi connectivity index (χ1v) is 9.64. The molecular formula is C17H16ClN3O5S. The van der Waals surface area contributed by atoms with Gasteiger partial charge in [0.2, 0.25) is 0 Å². The Hall–Kier alpha value is -2.78. The highest BCUT2D eigenvalue weighted by atomic mass is 35.5. The Morgan fingerprint density at radius 2 is 1.96 bits per heavy atom. The standard InChI is InChI=1S/C17H16ClN3O5S/c1-21(2)17(23)10-3-5-12(18)13(7-10)20-27(24,25)11-4-6-15-14(8-11)19-16(22)9-26-15/h3-8,20H,9H2,1-2H3,(H,19,22). The zero-order valence-electron chi connectivity index (χ0n) is 14.4. The molecule has 0 saturated carbocycles. The summed E-state index contributed by atoms with van der Waals surface area (Å²) < 4.78 is 33.0. The quantitative estimate of drug-likeness (QED) is 0.805. The van der Waals surface area contributed by atoms with E-state index in [0.29, 0.717) is 5.75 Å². The second-order valence-corrected chi connectivity index (χ2v) is 8.08. The molecule has 1 heterocycles. The van der Waals surface area contributed by atoms with Crippen LogP contribution in [-0.2, 0) is 14.8 Å². The van der Waals surface area contributed by atoms with Gasteiger partial charge in [0.05, 0.1) is 21.3 Å². The van der Waals surface area contributed by atoms with Crippen LogP contribution in [0, 0.1) is 0 Å². The number of amides is 2. The third kappa shape index (κ3) is 3.99. The average Bonchev–Trinajstić information content (AvgIpc) is 2.62. The topological polar surface area (TPSA) is 105 Å². The monoisotopic (exact) mass is 409 g/mol. The summed E-state index contributed by atoms with van der Waals surface area (Å²) in [5.74, 6) is -0.283. The minimum Gasteiger partial charge on any atom is -0.482 e. The zero-order valence-corrected chi connectivity index (χ0v) is 16.0. The van der Waals surface area contributed by atoms with Gasteiger partial charge in [0.1, 0.15) is 5.75 Å². The molecule has 1 aliphatic rings. The molecule has 27 heavy (non-hydrogen) atoms. The van der Waals surface area contributed by atoms with Crippen molar-refractivity contribution in [3.8, 4) is 5.75 Å². The van der Waals surface area contributed by atoms with Crippen LogP contribution in [0.1, 0.15) is 10.4 Å². The van der Waals surface area contributed by atoms with Crippen LogP contribution in [0.25, 0.3) is 0 Å². The molecule has 0 fully saturated rings. The second kappa shape index (κ2) is 7.09. The van der Waals surface area contributed by atoms with Gasteiger partial charge in [0, 0.05) is 19.7 Å². The number of fused-ring (bicyclic) bond motifs is 1. The van der Waals surface area contributed by atoms with Gasteiger partial charge in [0.25, 0.3) is 21.8 Å². The Kier molecular flexibility index (Phi) is 4.99. The molecule has 0 atom stereocenters. The molecule has 0 aromatic heterocycles. The third-order valence-electron chi connectivity index (χ3n) is 3.76. The first kappa shape index (κ1) is 19.0. The smallest absolute Gasteiger partial charge is 0.262 e. The van der Waals surface area contributed by atoms with Crippen molar-refractivity contribution < 1.29 is 22.7 Å². The van der Waals surface area contributed by atoms with Crippen LogP contribution >= 0.6 is 11.6 Å². The van der Waals surface area contributed by atoms with Crippen LogP contribution in [0.15, 0.2) is 41.3 Å². The Morgan fingerprint density at radius 3 is 2.67 bits per heavy atom. The number of nitrogens with one attached hydrogen (secondary N) is 2. The molecular weight excluding hydrogens is 394 g/mol. The van der Waals surface area contributed by atoms with Crippen molar-refractivity contribution in [2.45, 2.75) is 4.90 Å². The summed E-state index contributed by atoms with van der Waals surface area (Å²) in [4.78, 5) is 24.8. The fraction of sp³-hybridized carbons (Fsp3) is 0.176. The molecule has 0 bridgehead atoms. The van der Waals surface area contributed by atoms with Crippen LogP contribution in [0.4, 0.5) is 11.4 Å². The van der Waals surface area contributed by atoms with Crippen molar-refractivity contribution in [3.05, 3.63) is 47.0 Å². The third-order valence-corrected chi connectivity index (χ3v) is 5.45. The van der Waals surface area contributed by atoms with E-state index in [1.54, 1.807) is 14.1 Å². The number of carbonyl (C=O) groups is 2. The lowest BCUT2D eigenvalue weighted by atomic mass is 10.2. The maximum absolute atomic E-state index is 12.7. The van der Waals surface area contributed by atoms with E-state index in [4.69, 9.17) is 16.3 Å². The molecule has 0 aliphatic carbocycles. The van der Waals surface area contributed by atoms with Gasteiger partial charge in [-0.1, -0.05) is 11.6 Å². The van der Waals surface area contributed by atoms with E-state index in [9.17, 15) is 18.0 Å². The Balaban J connectivity index is 1.93. The van der Waals surface area contributed by atoms with Crippen LogP contribution in [0.2, 0.25) is 5.02 Å². The highest BCUT2D eigenvalue weighted by Crippen LogP contribution is 2.32. The van der Waals surface area contributed by atoms with Gasteiger partial charge in [0.15, 0.2) is 6.61 Å². The summed E-state index contributed by atoms with van der Waals surface area (Å²) in [6.45, 7) is -0.125. The number of halogens is 1. The fourth-order valence-corrected chi connectivity index (χ4v) is 3.75. The Bertz CT molecular complexity index is 1040. The summed E-state index contributed by atoms with van der Waals surface area (Å²) in [6.07, 6.45) is 0. The average molecular weight is 410 g/mol. The molecule has 0 radical (unpaired) electrons. The normalized spacial score (nSPS) is 13.2. The highest BCUT2D eigenvalue weighted by molar-refractivity contribution is 7.92.